The van der Waals surface area contributed by atoms with Gasteiger partial charge in [0.1, 0.15) is 17.9 Å². The quantitative estimate of drug-likeness (QED) is 0.403. The Morgan fingerprint density at radius 3 is 2.84 bits per heavy atom. The van der Waals surface area contributed by atoms with Crippen LogP contribution in [0, 0.1) is 0 Å². The molecule has 4 N–H and O–H groups in total. The molecule has 8 heteroatoms. The topological polar surface area (TPSA) is 119 Å². The summed E-state index contributed by atoms with van der Waals surface area (Å²) >= 11 is 0. The van der Waals surface area contributed by atoms with E-state index in [0.29, 0.717) is 22.7 Å². The Balaban J connectivity index is 1.64. The SMILES string of the molecule is COc1cc2ncnc(Nc3ccc4[nH]ccc4c3)c2cc1-c1cncc(C(N)=O)c1. The summed E-state index contributed by atoms with van der Waals surface area (Å²) in [7, 11) is 1.59. The third-order valence-corrected chi connectivity index (χ3v) is 5.11. The molecule has 0 aliphatic rings. The van der Waals surface area contributed by atoms with Crippen molar-refractivity contribution < 1.29 is 9.53 Å². The number of fused-ring (bicyclic) bond motifs is 2. The monoisotopic (exact) mass is 410 g/mol. The van der Waals surface area contributed by atoms with Gasteiger partial charge in [0.05, 0.1) is 18.2 Å². The third kappa shape index (κ3) is 3.40. The highest BCUT2D eigenvalue weighted by molar-refractivity contribution is 5.98. The number of nitrogens with two attached hydrogens (primary N) is 1. The van der Waals surface area contributed by atoms with E-state index in [1.807, 2.05) is 42.6 Å². The van der Waals surface area contributed by atoms with Crippen molar-refractivity contribution in [2.24, 2.45) is 5.73 Å². The lowest BCUT2D eigenvalue weighted by molar-refractivity contribution is 0.1000. The number of hydrogen-bond donors (Lipinski definition) is 3. The number of aromatic nitrogens is 4. The molecule has 0 saturated heterocycles. The molecule has 152 valence electrons. The molecule has 0 radical (unpaired) electrons. The van der Waals surface area contributed by atoms with Crippen molar-refractivity contribution in [3.8, 4) is 16.9 Å². The molecular weight excluding hydrogens is 392 g/mol. The van der Waals surface area contributed by atoms with Gasteiger partial charge in [-0.3, -0.25) is 9.78 Å². The van der Waals surface area contributed by atoms with Crippen LogP contribution < -0.4 is 15.8 Å². The summed E-state index contributed by atoms with van der Waals surface area (Å²) in [5, 5.41) is 5.28. The van der Waals surface area contributed by atoms with Crippen LogP contribution in [-0.2, 0) is 0 Å². The predicted molar refractivity (Wildman–Crippen MR) is 119 cm³/mol. The lowest BCUT2D eigenvalue weighted by Gasteiger charge is -2.13. The largest absolute Gasteiger partial charge is 0.496 e. The minimum atomic E-state index is -0.542. The number of nitrogens with one attached hydrogen (secondary N) is 2. The van der Waals surface area contributed by atoms with E-state index in [1.165, 1.54) is 12.5 Å². The Kier molecular flexibility index (Phi) is 4.44. The molecule has 0 atom stereocenters. The first-order valence-corrected chi connectivity index (χ1v) is 9.54. The van der Waals surface area contributed by atoms with Gasteiger partial charge in [0.25, 0.3) is 0 Å². The summed E-state index contributed by atoms with van der Waals surface area (Å²) in [6.07, 6.45) is 6.51. The normalized spacial score (nSPS) is 11.0. The number of aromatic amines is 1. The van der Waals surface area contributed by atoms with Gasteiger partial charge in [0.2, 0.25) is 5.91 Å². The van der Waals surface area contributed by atoms with Gasteiger partial charge in [0.15, 0.2) is 0 Å². The Morgan fingerprint density at radius 1 is 1.10 bits per heavy atom. The second kappa shape index (κ2) is 7.42. The van der Waals surface area contributed by atoms with Crippen molar-refractivity contribution in [3.63, 3.8) is 0 Å². The molecule has 0 aliphatic heterocycles. The van der Waals surface area contributed by atoms with Gasteiger partial charge in [-0.15, -0.1) is 0 Å². The van der Waals surface area contributed by atoms with Crippen LogP contribution in [0.15, 0.2) is 67.4 Å². The highest BCUT2D eigenvalue weighted by Crippen LogP contribution is 2.36. The summed E-state index contributed by atoms with van der Waals surface area (Å²) in [5.74, 6) is 0.720. The first-order chi connectivity index (χ1) is 15.1. The van der Waals surface area contributed by atoms with Gasteiger partial charge in [-0.1, -0.05) is 0 Å². The van der Waals surface area contributed by atoms with Crippen molar-refractivity contribution in [1.29, 1.82) is 0 Å². The zero-order valence-corrected chi connectivity index (χ0v) is 16.6. The van der Waals surface area contributed by atoms with Crippen LogP contribution in [-0.4, -0.2) is 33.0 Å². The average Bonchev–Trinajstić information content (AvgIpc) is 3.26. The van der Waals surface area contributed by atoms with E-state index in [0.717, 1.165) is 33.1 Å². The van der Waals surface area contributed by atoms with E-state index >= 15 is 0 Å². The smallest absolute Gasteiger partial charge is 0.250 e. The van der Waals surface area contributed by atoms with Gasteiger partial charge in [-0.2, -0.15) is 0 Å². The summed E-state index contributed by atoms with van der Waals surface area (Å²) in [6.45, 7) is 0. The van der Waals surface area contributed by atoms with E-state index in [4.69, 9.17) is 10.5 Å². The molecule has 3 aromatic heterocycles. The third-order valence-electron chi connectivity index (χ3n) is 5.11. The van der Waals surface area contributed by atoms with Crippen LogP contribution in [0.3, 0.4) is 0 Å². The Labute approximate surface area is 177 Å². The molecule has 5 aromatic rings. The Hall–Kier alpha value is -4.46. The summed E-state index contributed by atoms with van der Waals surface area (Å²) < 4.78 is 5.58. The standard InChI is InChI=1S/C23H18N6O2/c1-31-21-9-20-18(8-17(21)14-6-15(22(24)30)11-25-10-14)23(28-12-27-20)29-16-2-3-19-13(7-16)4-5-26-19/h2-12,26H,1H3,(H2,24,30)(H,27,28,29). The number of benzene rings is 2. The molecule has 0 aliphatic carbocycles. The van der Waals surface area contributed by atoms with Gasteiger partial charge < -0.3 is 20.8 Å². The maximum Gasteiger partial charge on any atom is 0.250 e. The van der Waals surface area contributed by atoms with E-state index in [2.05, 4.69) is 25.3 Å². The zero-order chi connectivity index (χ0) is 21.4. The number of carbonyl (C=O) groups is 1. The molecule has 5 rings (SSSR count). The van der Waals surface area contributed by atoms with Crippen LogP contribution in [0.25, 0.3) is 32.9 Å². The van der Waals surface area contributed by atoms with Crippen LogP contribution in [0.5, 0.6) is 5.75 Å². The number of amides is 1. The number of ether oxygens (including phenoxy) is 1. The molecule has 0 unspecified atom stereocenters. The summed E-state index contributed by atoms with van der Waals surface area (Å²) in [4.78, 5) is 27.8. The van der Waals surface area contributed by atoms with Crippen LogP contribution in [0.4, 0.5) is 11.5 Å². The van der Waals surface area contributed by atoms with E-state index in [1.54, 1.807) is 19.4 Å². The average molecular weight is 410 g/mol. The number of H-pyrrole nitrogens is 1. The number of rotatable bonds is 5. The van der Waals surface area contributed by atoms with Crippen molar-refractivity contribution in [3.05, 3.63) is 72.9 Å². The minimum absolute atomic E-state index is 0.321. The molecule has 31 heavy (non-hydrogen) atoms. The van der Waals surface area contributed by atoms with Crippen LogP contribution in [0.1, 0.15) is 10.4 Å². The number of primary amides is 1. The van der Waals surface area contributed by atoms with Crippen LogP contribution >= 0.6 is 0 Å². The minimum Gasteiger partial charge on any atom is -0.496 e. The van der Waals surface area contributed by atoms with Crippen LogP contribution in [0.2, 0.25) is 0 Å². The Morgan fingerprint density at radius 2 is 2.00 bits per heavy atom. The van der Waals surface area contributed by atoms with Gasteiger partial charge in [-0.05, 0) is 36.4 Å². The number of carbonyl (C=O) groups excluding carboxylic acids is 1. The predicted octanol–water partition coefficient (Wildman–Crippen LogP) is 4.02. The Bertz CT molecular complexity index is 1440. The number of nitrogens with zero attached hydrogens (tertiary/aromatic N) is 3. The van der Waals surface area contributed by atoms with Crippen molar-refractivity contribution in [2.45, 2.75) is 0 Å². The van der Waals surface area contributed by atoms with Gasteiger partial charge in [0, 0.05) is 57.8 Å². The summed E-state index contributed by atoms with van der Waals surface area (Å²) in [6, 6.07) is 13.5. The van der Waals surface area contributed by atoms with E-state index in [9.17, 15) is 4.79 Å². The van der Waals surface area contributed by atoms with E-state index in [-0.39, 0.29) is 0 Å². The molecule has 0 fully saturated rings. The highest BCUT2D eigenvalue weighted by Gasteiger charge is 2.14. The lowest BCUT2D eigenvalue weighted by atomic mass is 10.0. The van der Waals surface area contributed by atoms with E-state index < -0.39 is 5.91 Å². The molecule has 8 nitrogen and oxygen atoms in total. The fourth-order valence-corrected chi connectivity index (χ4v) is 3.57. The molecule has 0 saturated carbocycles. The zero-order valence-electron chi connectivity index (χ0n) is 16.6. The fourth-order valence-electron chi connectivity index (χ4n) is 3.57. The van der Waals surface area contributed by atoms with Crippen molar-refractivity contribution in [1.82, 2.24) is 19.9 Å². The second-order valence-electron chi connectivity index (χ2n) is 7.02. The van der Waals surface area contributed by atoms with Gasteiger partial charge >= 0.3 is 0 Å². The van der Waals surface area contributed by atoms with Crippen molar-refractivity contribution in [2.75, 3.05) is 12.4 Å². The first-order valence-electron chi connectivity index (χ1n) is 9.54. The van der Waals surface area contributed by atoms with Crippen molar-refractivity contribution >= 4 is 39.2 Å². The summed E-state index contributed by atoms with van der Waals surface area (Å²) in [5.41, 5.74) is 9.89. The fraction of sp³-hybridized carbons (Fsp3) is 0.0435. The molecule has 0 spiro atoms. The molecule has 1 amide bonds. The number of methoxy groups -OCH3 is 1. The lowest BCUT2D eigenvalue weighted by Crippen LogP contribution is -2.11. The molecule has 2 aromatic carbocycles. The van der Waals surface area contributed by atoms with Gasteiger partial charge in [-0.25, -0.2) is 9.97 Å². The number of hydrogen-bond acceptors (Lipinski definition) is 6. The highest BCUT2D eigenvalue weighted by atomic mass is 16.5. The number of pyridine rings is 1. The maximum atomic E-state index is 11.6. The maximum absolute atomic E-state index is 11.6. The molecule has 3 heterocycles. The first kappa shape index (κ1) is 18.6. The molecular formula is C23H18N6O2. The second-order valence-corrected chi connectivity index (χ2v) is 7.02. The molecule has 0 bridgehead atoms. The number of anilines is 2.